The summed E-state index contributed by atoms with van der Waals surface area (Å²) in [6.45, 7) is 5.84. The molecule has 5 aromatic rings. The number of nitrogens with zero attached hydrogens (tertiary/aromatic N) is 4. The monoisotopic (exact) mass is 579 g/mol. The van der Waals surface area contributed by atoms with Crippen LogP contribution >= 0.6 is 0 Å². The molecule has 1 fully saturated rings. The molecular formula is C34H37N5O2S. The maximum Gasteiger partial charge on any atom is 0.268 e. The number of para-hydroxylation sites is 1. The summed E-state index contributed by atoms with van der Waals surface area (Å²) < 4.78 is 28.1. The summed E-state index contributed by atoms with van der Waals surface area (Å²) in [5.74, 6) is 0. The lowest BCUT2D eigenvalue weighted by Gasteiger charge is -2.36. The fourth-order valence-corrected chi connectivity index (χ4v) is 7.99. The van der Waals surface area contributed by atoms with Gasteiger partial charge in [-0.15, -0.1) is 0 Å². The first-order valence-electron chi connectivity index (χ1n) is 15.1. The fraction of sp³-hybridized carbons (Fsp3) is 0.324. The molecule has 7 rings (SSSR count). The molecule has 8 heteroatoms. The minimum absolute atomic E-state index is 0.299. The standard InChI is InChI=1S/C34H37N5O2S/c40-42(41,26-10-2-1-3-11-26)39-21-18-29-32(16-8-17-33(29)39)38-24-22-37(23-25-38)20-9-19-35-34-27-12-4-6-14-30(27)36-31-15-7-5-13-28(31)34/h1-4,6,8,10-12,14,16-18,21H,5,7,9,13,15,19-20,22-25H2,(H,35,36). The number of aryl methyl sites for hydroxylation is 1. The Morgan fingerprint density at radius 3 is 2.43 bits per heavy atom. The maximum atomic E-state index is 13.3. The average molecular weight is 580 g/mol. The molecule has 0 radical (unpaired) electrons. The lowest BCUT2D eigenvalue weighted by atomic mass is 9.92. The maximum absolute atomic E-state index is 13.3. The number of nitrogens with one attached hydrogen (secondary N) is 1. The lowest BCUT2D eigenvalue weighted by Crippen LogP contribution is -2.46. The number of rotatable bonds is 8. The van der Waals surface area contributed by atoms with E-state index in [0.717, 1.165) is 80.6 Å². The van der Waals surface area contributed by atoms with E-state index < -0.39 is 10.0 Å². The lowest BCUT2D eigenvalue weighted by molar-refractivity contribution is 0.257. The zero-order valence-electron chi connectivity index (χ0n) is 23.9. The van der Waals surface area contributed by atoms with Crippen molar-refractivity contribution in [1.29, 1.82) is 0 Å². The van der Waals surface area contributed by atoms with Crippen LogP contribution in [0.3, 0.4) is 0 Å². The third-order valence-electron chi connectivity index (χ3n) is 8.81. The molecule has 3 heterocycles. The van der Waals surface area contributed by atoms with Crippen LogP contribution in [-0.2, 0) is 22.9 Å². The normalized spacial score (nSPS) is 16.1. The topological polar surface area (TPSA) is 70.5 Å². The Hall–Kier alpha value is -3.88. The highest BCUT2D eigenvalue weighted by molar-refractivity contribution is 7.90. The van der Waals surface area contributed by atoms with Gasteiger partial charge in [-0.3, -0.25) is 9.88 Å². The largest absolute Gasteiger partial charge is 0.384 e. The van der Waals surface area contributed by atoms with Gasteiger partial charge in [-0.1, -0.05) is 42.5 Å². The SMILES string of the molecule is O=S(=O)(c1ccccc1)n1ccc2c(N3CCN(CCCNc4c5c(nc6ccccc46)CCCC5)CC3)cccc21. The van der Waals surface area contributed by atoms with E-state index in [1.807, 2.05) is 24.3 Å². The predicted molar refractivity (Wildman–Crippen MR) is 171 cm³/mol. The molecular weight excluding hydrogens is 542 g/mol. The van der Waals surface area contributed by atoms with Gasteiger partial charge in [-0.2, -0.15) is 0 Å². The highest BCUT2D eigenvalue weighted by Gasteiger charge is 2.23. The highest BCUT2D eigenvalue weighted by Crippen LogP contribution is 2.34. The van der Waals surface area contributed by atoms with Crippen LogP contribution in [0.1, 0.15) is 30.5 Å². The van der Waals surface area contributed by atoms with Gasteiger partial charge in [0.25, 0.3) is 10.0 Å². The first-order valence-corrected chi connectivity index (χ1v) is 16.6. The van der Waals surface area contributed by atoms with Gasteiger partial charge in [0.15, 0.2) is 0 Å². The minimum atomic E-state index is -3.65. The smallest absolute Gasteiger partial charge is 0.268 e. The molecule has 1 aliphatic carbocycles. The van der Waals surface area contributed by atoms with Gasteiger partial charge < -0.3 is 10.2 Å². The first-order chi connectivity index (χ1) is 20.6. The van der Waals surface area contributed by atoms with Crippen LogP contribution in [0.2, 0.25) is 0 Å². The van der Waals surface area contributed by atoms with E-state index >= 15 is 0 Å². The van der Waals surface area contributed by atoms with E-state index in [2.05, 4.69) is 45.4 Å². The second-order valence-electron chi connectivity index (χ2n) is 11.4. The predicted octanol–water partition coefficient (Wildman–Crippen LogP) is 5.93. The molecule has 1 saturated heterocycles. The number of piperazine rings is 1. The molecule has 2 aliphatic rings. The molecule has 1 N–H and O–H groups in total. The van der Waals surface area contributed by atoms with Crippen molar-refractivity contribution < 1.29 is 8.42 Å². The number of hydrogen-bond donors (Lipinski definition) is 1. The number of anilines is 2. The van der Waals surface area contributed by atoms with Crippen molar-refractivity contribution in [1.82, 2.24) is 13.9 Å². The van der Waals surface area contributed by atoms with E-state index in [0.29, 0.717) is 4.90 Å². The third-order valence-corrected chi connectivity index (χ3v) is 10.5. The van der Waals surface area contributed by atoms with Crippen LogP contribution in [0.25, 0.3) is 21.8 Å². The third kappa shape index (κ3) is 5.03. The van der Waals surface area contributed by atoms with Crippen LogP contribution in [-0.4, -0.2) is 61.5 Å². The van der Waals surface area contributed by atoms with Gasteiger partial charge >= 0.3 is 0 Å². The molecule has 2 aromatic heterocycles. The number of benzene rings is 3. The van der Waals surface area contributed by atoms with Gasteiger partial charge in [0, 0.05) is 66.8 Å². The number of hydrogen-bond acceptors (Lipinski definition) is 6. The van der Waals surface area contributed by atoms with Crippen molar-refractivity contribution in [2.45, 2.75) is 37.0 Å². The van der Waals surface area contributed by atoms with E-state index in [9.17, 15) is 8.42 Å². The zero-order valence-corrected chi connectivity index (χ0v) is 24.7. The van der Waals surface area contributed by atoms with Crippen LogP contribution in [0.15, 0.2) is 90.0 Å². The van der Waals surface area contributed by atoms with E-state index in [1.165, 1.54) is 39.1 Å². The molecule has 7 nitrogen and oxygen atoms in total. The molecule has 0 saturated carbocycles. The molecule has 1 aliphatic heterocycles. The van der Waals surface area contributed by atoms with Crippen LogP contribution in [0.4, 0.5) is 11.4 Å². The van der Waals surface area contributed by atoms with Crippen molar-refractivity contribution in [3.63, 3.8) is 0 Å². The number of aromatic nitrogens is 2. The quantitative estimate of drug-likeness (QED) is 0.230. The first kappa shape index (κ1) is 27.0. The van der Waals surface area contributed by atoms with E-state index in [1.54, 1.807) is 30.5 Å². The van der Waals surface area contributed by atoms with Gasteiger partial charge in [-0.25, -0.2) is 12.4 Å². The van der Waals surface area contributed by atoms with Gasteiger partial charge in [0.05, 0.1) is 15.9 Å². The Morgan fingerprint density at radius 2 is 1.57 bits per heavy atom. The van der Waals surface area contributed by atoms with Gasteiger partial charge in [0.2, 0.25) is 0 Å². The second kappa shape index (κ2) is 11.4. The number of pyridine rings is 1. The molecule has 0 atom stereocenters. The summed E-state index contributed by atoms with van der Waals surface area (Å²) in [4.78, 5) is 10.2. The average Bonchev–Trinajstić information content (AvgIpc) is 3.49. The zero-order chi connectivity index (χ0) is 28.5. The molecule has 216 valence electrons. The Labute approximate surface area is 247 Å². The number of fused-ring (bicyclic) bond motifs is 3. The fourth-order valence-electron chi connectivity index (χ4n) is 6.62. The van der Waals surface area contributed by atoms with Crippen molar-refractivity contribution in [3.8, 4) is 0 Å². The van der Waals surface area contributed by atoms with E-state index in [4.69, 9.17) is 4.98 Å². The van der Waals surface area contributed by atoms with Crippen LogP contribution in [0, 0.1) is 0 Å². The molecule has 0 amide bonds. The second-order valence-corrected chi connectivity index (χ2v) is 13.2. The van der Waals surface area contributed by atoms with Crippen molar-refractivity contribution in [2.24, 2.45) is 0 Å². The molecule has 42 heavy (non-hydrogen) atoms. The Balaban J connectivity index is 0.986. The minimum Gasteiger partial charge on any atom is -0.384 e. The Bertz CT molecular complexity index is 1830. The molecule has 3 aromatic carbocycles. The summed E-state index contributed by atoms with van der Waals surface area (Å²) in [6, 6.07) is 25.1. The Kier molecular flexibility index (Phi) is 7.34. The molecule has 0 bridgehead atoms. The van der Waals surface area contributed by atoms with Crippen LogP contribution in [0.5, 0.6) is 0 Å². The van der Waals surface area contributed by atoms with Crippen LogP contribution < -0.4 is 10.2 Å². The van der Waals surface area contributed by atoms with E-state index in [-0.39, 0.29) is 0 Å². The molecule has 0 spiro atoms. The van der Waals surface area contributed by atoms with Crippen molar-refractivity contribution in [2.75, 3.05) is 49.5 Å². The summed E-state index contributed by atoms with van der Waals surface area (Å²) in [5, 5.41) is 6.02. The summed E-state index contributed by atoms with van der Waals surface area (Å²) in [7, 11) is -3.65. The van der Waals surface area contributed by atoms with Gasteiger partial charge in [-0.05, 0) is 80.6 Å². The van der Waals surface area contributed by atoms with Gasteiger partial charge in [0.1, 0.15) is 0 Å². The van der Waals surface area contributed by atoms with Crippen molar-refractivity contribution in [3.05, 3.63) is 96.3 Å². The summed E-state index contributed by atoms with van der Waals surface area (Å²) in [5.41, 5.74) is 6.92. The summed E-state index contributed by atoms with van der Waals surface area (Å²) in [6.07, 6.45) is 7.44. The molecule has 0 unspecified atom stereocenters. The highest BCUT2D eigenvalue weighted by atomic mass is 32.2. The Morgan fingerprint density at radius 1 is 0.786 bits per heavy atom. The summed E-state index contributed by atoms with van der Waals surface area (Å²) >= 11 is 0. The van der Waals surface area contributed by atoms with Crippen molar-refractivity contribution >= 4 is 43.2 Å².